The van der Waals surface area contributed by atoms with Gasteiger partial charge < -0.3 is 9.84 Å². The number of hydrogen-bond donors (Lipinski definition) is 1. The van der Waals surface area contributed by atoms with E-state index in [4.69, 9.17) is 4.52 Å². The van der Waals surface area contributed by atoms with Gasteiger partial charge in [0.2, 0.25) is 0 Å². The van der Waals surface area contributed by atoms with Gasteiger partial charge in [0.1, 0.15) is 5.69 Å². The molecule has 0 saturated carbocycles. The van der Waals surface area contributed by atoms with Gasteiger partial charge in [-0.15, -0.1) is 0 Å². The lowest BCUT2D eigenvalue weighted by molar-refractivity contribution is 0.0963. The second kappa shape index (κ2) is 5.63. The third-order valence-corrected chi connectivity index (χ3v) is 3.24. The van der Waals surface area contributed by atoms with Gasteiger partial charge in [0.15, 0.2) is 5.76 Å². The van der Waals surface area contributed by atoms with Gasteiger partial charge in [0.25, 0.3) is 5.91 Å². The van der Waals surface area contributed by atoms with Crippen LogP contribution in [0.1, 0.15) is 10.4 Å². The molecule has 21 heavy (non-hydrogen) atoms. The molecule has 0 aliphatic heterocycles. The average Bonchev–Trinajstić information content (AvgIpc) is 3.05. The van der Waals surface area contributed by atoms with Crippen molar-refractivity contribution < 1.29 is 9.32 Å². The molecule has 0 saturated heterocycles. The number of rotatable bonds is 3. The summed E-state index contributed by atoms with van der Waals surface area (Å²) in [5.41, 5.74) is 2.93. The zero-order valence-corrected chi connectivity index (χ0v) is 11.5. The lowest BCUT2D eigenvalue weighted by Crippen LogP contribution is -2.18. The van der Waals surface area contributed by atoms with Gasteiger partial charge >= 0.3 is 0 Å². The van der Waals surface area contributed by atoms with Crippen molar-refractivity contribution in [1.82, 2.24) is 10.5 Å². The summed E-state index contributed by atoms with van der Waals surface area (Å²) < 4.78 is 5.39. The van der Waals surface area contributed by atoms with Gasteiger partial charge in [-0.05, 0) is 6.07 Å². The third kappa shape index (κ3) is 2.56. The van der Waals surface area contributed by atoms with Crippen LogP contribution in [0.3, 0.4) is 0 Å². The van der Waals surface area contributed by atoms with E-state index in [2.05, 4.69) is 10.5 Å². The molecular formula is C17H14N2O2. The lowest BCUT2D eigenvalue weighted by Gasteiger charge is -2.04. The van der Waals surface area contributed by atoms with Gasteiger partial charge in [-0.2, -0.15) is 0 Å². The largest absolute Gasteiger partial charge is 0.356 e. The molecule has 1 aromatic heterocycles. The predicted molar refractivity (Wildman–Crippen MR) is 80.8 cm³/mol. The van der Waals surface area contributed by atoms with E-state index in [1.165, 1.54) is 0 Å². The maximum atomic E-state index is 11.9. The van der Waals surface area contributed by atoms with Gasteiger partial charge in [0.05, 0.1) is 0 Å². The van der Waals surface area contributed by atoms with Crippen LogP contribution in [0.5, 0.6) is 0 Å². The first kappa shape index (κ1) is 13.1. The van der Waals surface area contributed by atoms with Crippen LogP contribution in [0.25, 0.3) is 22.6 Å². The SMILES string of the molecule is CNC(=O)c1ccccc1-c1cc(-c2ccccc2)on1. The number of aromatic nitrogens is 1. The Hall–Kier alpha value is -2.88. The molecule has 1 heterocycles. The smallest absolute Gasteiger partial charge is 0.251 e. The molecule has 4 heteroatoms. The average molecular weight is 278 g/mol. The highest BCUT2D eigenvalue weighted by Crippen LogP contribution is 2.27. The van der Waals surface area contributed by atoms with Crippen molar-refractivity contribution >= 4 is 5.91 Å². The Balaban J connectivity index is 2.03. The number of carbonyl (C=O) groups excluding carboxylic acids is 1. The Morgan fingerprint density at radius 3 is 2.52 bits per heavy atom. The summed E-state index contributed by atoms with van der Waals surface area (Å²) in [7, 11) is 1.61. The highest BCUT2D eigenvalue weighted by Gasteiger charge is 2.15. The summed E-state index contributed by atoms with van der Waals surface area (Å²) in [4.78, 5) is 11.9. The van der Waals surface area contributed by atoms with Crippen LogP contribution in [-0.2, 0) is 0 Å². The zero-order valence-electron chi connectivity index (χ0n) is 11.5. The van der Waals surface area contributed by atoms with E-state index in [0.29, 0.717) is 17.0 Å². The minimum Gasteiger partial charge on any atom is -0.356 e. The Morgan fingerprint density at radius 2 is 1.76 bits per heavy atom. The Morgan fingerprint density at radius 1 is 1.05 bits per heavy atom. The minimum atomic E-state index is -0.144. The fourth-order valence-corrected chi connectivity index (χ4v) is 2.18. The summed E-state index contributed by atoms with van der Waals surface area (Å²) >= 11 is 0. The van der Waals surface area contributed by atoms with Crippen LogP contribution in [0.15, 0.2) is 65.2 Å². The molecule has 0 bridgehead atoms. The summed E-state index contributed by atoms with van der Waals surface area (Å²) in [6.45, 7) is 0. The second-order valence-electron chi connectivity index (χ2n) is 4.57. The fraction of sp³-hybridized carbons (Fsp3) is 0.0588. The van der Waals surface area contributed by atoms with E-state index in [-0.39, 0.29) is 5.91 Å². The van der Waals surface area contributed by atoms with Crippen molar-refractivity contribution in [2.24, 2.45) is 0 Å². The van der Waals surface area contributed by atoms with Crippen LogP contribution in [0.4, 0.5) is 0 Å². The standard InChI is InChI=1S/C17H14N2O2/c1-18-17(20)14-10-6-5-9-13(14)15-11-16(21-19-15)12-7-3-2-4-8-12/h2-11H,1H3,(H,18,20). The Kier molecular flexibility index (Phi) is 3.51. The molecular weight excluding hydrogens is 264 g/mol. The van der Waals surface area contributed by atoms with Crippen LogP contribution in [-0.4, -0.2) is 18.1 Å². The van der Waals surface area contributed by atoms with Crippen LogP contribution >= 0.6 is 0 Å². The molecule has 0 fully saturated rings. The first-order chi connectivity index (χ1) is 10.3. The second-order valence-corrected chi connectivity index (χ2v) is 4.57. The number of benzene rings is 2. The normalized spacial score (nSPS) is 10.3. The number of nitrogens with one attached hydrogen (secondary N) is 1. The molecule has 3 rings (SSSR count). The van der Waals surface area contributed by atoms with Crippen molar-refractivity contribution in [2.45, 2.75) is 0 Å². The van der Waals surface area contributed by atoms with Crippen molar-refractivity contribution in [3.8, 4) is 22.6 Å². The van der Waals surface area contributed by atoms with Gasteiger partial charge in [-0.25, -0.2) is 0 Å². The topological polar surface area (TPSA) is 55.1 Å². The molecule has 3 aromatic rings. The van der Waals surface area contributed by atoms with Crippen molar-refractivity contribution in [2.75, 3.05) is 7.05 Å². The molecule has 0 aliphatic carbocycles. The number of carbonyl (C=O) groups is 1. The summed E-state index contributed by atoms with van der Waals surface area (Å²) in [6, 6.07) is 18.9. The highest BCUT2D eigenvalue weighted by atomic mass is 16.5. The molecule has 1 N–H and O–H groups in total. The molecule has 0 unspecified atom stereocenters. The molecule has 104 valence electrons. The molecule has 2 aromatic carbocycles. The number of amides is 1. The molecule has 0 radical (unpaired) electrons. The molecule has 1 amide bonds. The number of nitrogens with zero attached hydrogens (tertiary/aromatic N) is 1. The van der Waals surface area contributed by atoms with E-state index in [0.717, 1.165) is 11.1 Å². The van der Waals surface area contributed by atoms with Gasteiger partial charge in [-0.3, -0.25) is 4.79 Å². The highest BCUT2D eigenvalue weighted by molar-refractivity contribution is 6.00. The summed E-state index contributed by atoms with van der Waals surface area (Å²) in [6.07, 6.45) is 0. The molecule has 0 aliphatic rings. The van der Waals surface area contributed by atoms with Crippen LogP contribution < -0.4 is 5.32 Å². The van der Waals surface area contributed by atoms with Crippen LogP contribution in [0, 0.1) is 0 Å². The third-order valence-electron chi connectivity index (χ3n) is 3.24. The quantitative estimate of drug-likeness (QED) is 0.799. The lowest BCUT2D eigenvalue weighted by atomic mass is 10.0. The van der Waals surface area contributed by atoms with Crippen LogP contribution in [0.2, 0.25) is 0 Å². The Labute approximate surface area is 122 Å². The summed E-state index contributed by atoms with van der Waals surface area (Å²) in [5.74, 6) is 0.534. The zero-order chi connectivity index (χ0) is 14.7. The maximum Gasteiger partial charge on any atom is 0.251 e. The van der Waals surface area contributed by atoms with E-state index in [1.54, 1.807) is 13.1 Å². The Bertz CT molecular complexity index is 763. The van der Waals surface area contributed by atoms with E-state index in [1.807, 2.05) is 54.6 Å². The van der Waals surface area contributed by atoms with Crippen molar-refractivity contribution in [3.63, 3.8) is 0 Å². The molecule has 0 atom stereocenters. The molecule has 4 nitrogen and oxygen atoms in total. The van der Waals surface area contributed by atoms with Crippen molar-refractivity contribution in [1.29, 1.82) is 0 Å². The maximum absolute atomic E-state index is 11.9. The van der Waals surface area contributed by atoms with E-state index < -0.39 is 0 Å². The minimum absolute atomic E-state index is 0.144. The predicted octanol–water partition coefficient (Wildman–Crippen LogP) is 3.37. The summed E-state index contributed by atoms with van der Waals surface area (Å²) in [5, 5.41) is 6.72. The van der Waals surface area contributed by atoms with Gasteiger partial charge in [0, 0.05) is 29.8 Å². The fourth-order valence-electron chi connectivity index (χ4n) is 2.18. The van der Waals surface area contributed by atoms with Gasteiger partial charge in [-0.1, -0.05) is 53.7 Å². The monoisotopic (exact) mass is 278 g/mol. The van der Waals surface area contributed by atoms with E-state index >= 15 is 0 Å². The van der Waals surface area contributed by atoms with E-state index in [9.17, 15) is 4.79 Å². The number of hydrogen-bond acceptors (Lipinski definition) is 3. The van der Waals surface area contributed by atoms with Crippen molar-refractivity contribution in [3.05, 3.63) is 66.2 Å². The first-order valence-corrected chi connectivity index (χ1v) is 6.63. The molecule has 0 spiro atoms. The first-order valence-electron chi connectivity index (χ1n) is 6.63.